The van der Waals surface area contributed by atoms with Gasteiger partial charge >= 0.3 is 0 Å². The van der Waals surface area contributed by atoms with Crippen LogP contribution in [0.3, 0.4) is 0 Å². The molecule has 4 heteroatoms. The van der Waals surface area contributed by atoms with Gasteiger partial charge in [0.2, 0.25) is 0 Å². The van der Waals surface area contributed by atoms with Gasteiger partial charge in [0, 0.05) is 25.6 Å². The SMILES string of the molecule is O=C(CNCC1CC1)C1CCOC2(CCOC2)C1. The summed E-state index contributed by atoms with van der Waals surface area (Å²) in [5.74, 6) is 1.37. The van der Waals surface area contributed by atoms with E-state index in [2.05, 4.69) is 5.32 Å². The van der Waals surface area contributed by atoms with Crippen LogP contribution in [0, 0.1) is 11.8 Å². The fourth-order valence-corrected chi connectivity index (χ4v) is 3.03. The van der Waals surface area contributed by atoms with E-state index >= 15 is 0 Å². The van der Waals surface area contributed by atoms with E-state index in [1.54, 1.807) is 0 Å². The van der Waals surface area contributed by atoms with Crippen molar-refractivity contribution in [1.29, 1.82) is 0 Å². The van der Waals surface area contributed by atoms with Gasteiger partial charge in [-0.15, -0.1) is 0 Å². The Labute approximate surface area is 108 Å². The maximum Gasteiger partial charge on any atom is 0.149 e. The summed E-state index contributed by atoms with van der Waals surface area (Å²) in [6.07, 6.45) is 5.35. The summed E-state index contributed by atoms with van der Waals surface area (Å²) in [7, 11) is 0. The molecule has 1 N–H and O–H groups in total. The molecule has 2 atom stereocenters. The molecule has 2 saturated heterocycles. The van der Waals surface area contributed by atoms with E-state index in [1.807, 2.05) is 0 Å². The number of rotatable bonds is 5. The van der Waals surface area contributed by atoms with Gasteiger partial charge in [0.25, 0.3) is 0 Å². The van der Waals surface area contributed by atoms with Crippen molar-refractivity contribution < 1.29 is 14.3 Å². The van der Waals surface area contributed by atoms with Crippen LogP contribution in [0.4, 0.5) is 0 Å². The molecular weight excluding hydrogens is 230 g/mol. The van der Waals surface area contributed by atoms with Gasteiger partial charge in [0.15, 0.2) is 0 Å². The van der Waals surface area contributed by atoms with Crippen molar-refractivity contribution >= 4 is 5.78 Å². The maximum absolute atomic E-state index is 12.2. The van der Waals surface area contributed by atoms with Gasteiger partial charge in [0.1, 0.15) is 5.78 Å². The minimum Gasteiger partial charge on any atom is -0.378 e. The van der Waals surface area contributed by atoms with Crippen LogP contribution in [-0.2, 0) is 14.3 Å². The molecule has 0 aromatic carbocycles. The van der Waals surface area contributed by atoms with E-state index in [0.29, 0.717) is 25.5 Å². The first-order chi connectivity index (χ1) is 8.77. The molecule has 3 rings (SSSR count). The average Bonchev–Trinajstić information content (AvgIpc) is 3.10. The highest BCUT2D eigenvalue weighted by Crippen LogP contribution is 2.36. The molecule has 1 saturated carbocycles. The summed E-state index contributed by atoms with van der Waals surface area (Å²) in [6.45, 7) is 3.72. The van der Waals surface area contributed by atoms with E-state index in [1.165, 1.54) is 12.8 Å². The molecule has 0 aromatic heterocycles. The van der Waals surface area contributed by atoms with Gasteiger partial charge in [0.05, 0.1) is 18.8 Å². The van der Waals surface area contributed by atoms with E-state index < -0.39 is 0 Å². The Kier molecular flexibility index (Phi) is 3.68. The fraction of sp³-hybridized carbons (Fsp3) is 0.929. The molecule has 102 valence electrons. The molecule has 0 bridgehead atoms. The Morgan fingerprint density at radius 3 is 2.89 bits per heavy atom. The molecule has 4 nitrogen and oxygen atoms in total. The van der Waals surface area contributed by atoms with Crippen LogP contribution in [0.1, 0.15) is 32.1 Å². The van der Waals surface area contributed by atoms with Gasteiger partial charge in [-0.1, -0.05) is 0 Å². The van der Waals surface area contributed by atoms with E-state index in [-0.39, 0.29) is 11.5 Å². The van der Waals surface area contributed by atoms with Crippen molar-refractivity contribution in [2.75, 3.05) is 32.9 Å². The topological polar surface area (TPSA) is 47.6 Å². The average molecular weight is 253 g/mol. The van der Waals surface area contributed by atoms with Crippen LogP contribution in [-0.4, -0.2) is 44.3 Å². The van der Waals surface area contributed by atoms with E-state index in [0.717, 1.165) is 38.3 Å². The van der Waals surface area contributed by atoms with Crippen LogP contribution in [0.25, 0.3) is 0 Å². The number of nitrogens with one attached hydrogen (secondary N) is 1. The minimum atomic E-state index is -0.144. The summed E-state index contributed by atoms with van der Waals surface area (Å²) < 4.78 is 11.3. The summed E-state index contributed by atoms with van der Waals surface area (Å²) in [4.78, 5) is 12.2. The molecule has 1 aliphatic carbocycles. The molecular formula is C14H23NO3. The van der Waals surface area contributed by atoms with Crippen molar-refractivity contribution in [3.8, 4) is 0 Å². The smallest absolute Gasteiger partial charge is 0.149 e. The van der Waals surface area contributed by atoms with Crippen molar-refractivity contribution in [3.63, 3.8) is 0 Å². The molecule has 3 fully saturated rings. The lowest BCUT2D eigenvalue weighted by Gasteiger charge is -2.36. The van der Waals surface area contributed by atoms with E-state index in [9.17, 15) is 4.79 Å². The van der Waals surface area contributed by atoms with Crippen molar-refractivity contribution in [2.45, 2.75) is 37.7 Å². The first-order valence-electron chi connectivity index (χ1n) is 7.23. The lowest BCUT2D eigenvalue weighted by atomic mass is 9.83. The number of hydrogen-bond donors (Lipinski definition) is 1. The Morgan fingerprint density at radius 2 is 2.17 bits per heavy atom. The Balaban J connectivity index is 1.46. The van der Waals surface area contributed by atoms with Crippen LogP contribution >= 0.6 is 0 Å². The summed E-state index contributed by atoms with van der Waals surface area (Å²) in [5, 5.41) is 3.30. The van der Waals surface area contributed by atoms with Crippen molar-refractivity contribution in [2.24, 2.45) is 11.8 Å². The van der Waals surface area contributed by atoms with Gasteiger partial charge in [-0.25, -0.2) is 0 Å². The van der Waals surface area contributed by atoms with Gasteiger partial charge in [-0.2, -0.15) is 0 Å². The molecule has 18 heavy (non-hydrogen) atoms. The molecule has 0 aromatic rings. The number of Topliss-reactive ketones (excluding diaryl/α,β-unsaturated/α-hetero) is 1. The second kappa shape index (κ2) is 5.27. The first kappa shape index (κ1) is 12.6. The Morgan fingerprint density at radius 1 is 1.28 bits per heavy atom. The minimum absolute atomic E-state index is 0.144. The second-order valence-electron chi connectivity index (χ2n) is 6.06. The van der Waals surface area contributed by atoms with Crippen LogP contribution in [0.5, 0.6) is 0 Å². The Hall–Kier alpha value is -0.450. The van der Waals surface area contributed by atoms with Crippen LogP contribution in [0.2, 0.25) is 0 Å². The third-order valence-corrected chi connectivity index (χ3v) is 4.44. The van der Waals surface area contributed by atoms with Crippen LogP contribution in [0.15, 0.2) is 0 Å². The zero-order valence-electron chi connectivity index (χ0n) is 11.0. The lowest BCUT2D eigenvalue weighted by molar-refractivity contribution is -0.136. The number of ketones is 1. The van der Waals surface area contributed by atoms with Crippen molar-refractivity contribution in [1.82, 2.24) is 5.32 Å². The maximum atomic E-state index is 12.2. The quantitative estimate of drug-likeness (QED) is 0.798. The highest BCUT2D eigenvalue weighted by molar-refractivity contribution is 5.83. The standard InChI is InChI=1S/C14H23NO3/c16-13(9-15-8-11-1-2-11)12-3-5-18-14(7-12)4-6-17-10-14/h11-12,15H,1-10H2. The van der Waals surface area contributed by atoms with E-state index in [4.69, 9.17) is 9.47 Å². The normalized spacial score (nSPS) is 36.1. The molecule has 0 radical (unpaired) electrons. The summed E-state index contributed by atoms with van der Waals surface area (Å²) in [6, 6.07) is 0. The highest BCUT2D eigenvalue weighted by Gasteiger charge is 2.42. The zero-order valence-corrected chi connectivity index (χ0v) is 11.0. The number of hydrogen-bond acceptors (Lipinski definition) is 4. The van der Waals surface area contributed by atoms with Crippen LogP contribution < -0.4 is 5.32 Å². The Bertz CT molecular complexity index is 308. The van der Waals surface area contributed by atoms with Gasteiger partial charge in [-0.05, 0) is 38.1 Å². The third kappa shape index (κ3) is 2.92. The molecule has 0 amide bonds. The zero-order chi connectivity index (χ0) is 12.4. The summed E-state index contributed by atoms with van der Waals surface area (Å²) in [5.41, 5.74) is -0.144. The largest absolute Gasteiger partial charge is 0.378 e. The number of ether oxygens (including phenoxy) is 2. The van der Waals surface area contributed by atoms with Crippen molar-refractivity contribution in [3.05, 3.63) is 0 Å². The predicted molar refractivity (Wildman–Crippen MR) is 67.4 cm³/mol. The number of carbonyl (C=O) groups excluding carboxylic acids is 1. The molecule has 2 heterocycles. The molecule has 2 aliphatic heterocycles. The monoisotopic (exact) mass is 253 g/mol. The second-order valence-corrected chi connectivity index (χ2v) is 6.06. The van der Waals surface area contributed by atoms with Gasteiger partial charge < -0.3 is 14.8 Å². The molecule has 2 unspecified atom stereocenters. The van der Waals surface area contributed by atoms with Gasteiger partial charge in [-0.3, -0.25) is 4.79 Å². The fourth-order valence-electron chi connectivity index (χ4n) is 3.03. The highest BCUT2D eigenvalue weighted by atomic mass is 16.6. The molecule has 3 aliphatic rings. The predicted octanol–water partition coefficient (Wildman–Crippen LogP) is 1.14. The third-order valence-electron chi connectivity index (χ3n) is 4.44. The first-order valence-corrected chi connectivity index (χ1v) is 7.23. The lowest BCUT2D eigenvalue weighted by Crippen LogP contribution is -2.44. The number of carbonyl (C=O) groups is 1. The molecule has 1 spiro atoms. The summed E-state index contributed by atoms with van der Waals surface area (Å²) >= 11 is 0.